The van der Waals surface area contributed by atoms with E-state index in [0.717, 1.165) is 25.7 Å². The van der Waals surface area contributed by atoms with Gasteiger partial charge >= 0.3 is 71.1 Å². The minimum absolute atomic E-state index is 0. The third-order valence-electron chi connectivity index (χ3n) is 7.66. The second-order valence-electron chi connectivity index (χ2n) is 10.5. The predicted molar refractivity (Wildman–Crippen MR) is 113 cm³/mol. The summed E-state index contributed by atoms with van der Waals surface area (Å²) < 4.78 is 0. The van der Waals surface area contributed by atoms with Crippen LogP contribution in [0.15, 0.2) is 0 Å². The molecule has 0 radical (unpaired) electrons. The monoisotopic (exact) mass is 500 g/mol. The number of aliphatic carboxylic acids is 4. The van der Waals surface area contributed by atoms with E-state index >= 15 is 0 Å². The van der Waals surface area contributed by atoms with Gasteiger partial charge in [0.1, 0.15) is 0 Å². The van der Waals surface area contributed by atoms with E-state index in [1.165, 1.54) is 0 Å². The average Bonchev–Trinajstić information content (AvgIpc) is 3.36. The largest absolute Gasteiger partial charge is 1.00 e. The van der Waals surface area contributed by atoms with Gasteiger partial charge in [-0.2, -0.15) is 0 Å². The number of hydrogen-bond donors (Lipinski definition) is 2. The van der Waals surface area contributed by atoms with Crippen LogP contribution in [0.3, 0.4) is 0 Å². The van der Waals surface area contributed by atoms with Gasteiger partial charge < -0.3 is 30.0 Å². The molecule has 0 heterocycles. The summed E-state index contributed by atoms with van der Waals surface area (Å²) >= 11 is 0. The molecule has 0 aromatic rings. The van der Waals surface area contributed by atoms with Crippen molar-refractivity contribution in [2.45, 2.75) is 91.9 Å². The maximum atomic E-state index is 10.6. The third-order valence-corrected chi connectivity index (χ3v) is 7.66. The molecule has 8 nitrogen and oxygen atoms in total. The minimum atomic E-state index is -1.00. The Kier molecular flexibility index (Phi) is 16.8. The zero-order valence-corrected chi connectivity index (χ0v) is 25.7. The second-order valence-corrected chi connectivity index (χ2v) is 10.5. The van der Waals surface area contributed by atoms with E-state index in [0.29, 0.717) is 24.7 Å². The molecular formula is C24H38Na2O8. The predicted octanol–water partition coefficient (Wildman–Crippen LogP) is -3.90. The summed E-state index contributed by atoms with van der Waals surface area (Å²) in [5, 5.41) is 37.9. The quantitative estimate of drug-likeness (QED) is 0.181. The van der Waals surface area contributed by atoms with Crippen molar-refractivity contribution in [1.29, 1.82) is 0 Å². The van der Waals surface area contributed by atoms with Crippen molar-refractivity contribution in [2.75, 3.05) is 0 Å². The van der Waals surface area contributed by atoms with Crippen molar-refractivity contribution < 1.29 is 98.7 Å². The topological polar surface area (TPSA) is 155 Å². The summed E-state index contributed by atoms with van der Waals surface area (Å²) in [6, 6.07) is 0. The number of carbonyl (C=O) groups excluding carboxylic acids is 2. The Morgan fingerprint density at radius 2 is 0.912 bits per heavy atom. The molecule has 2 rings (SSSR count). The van der Waals surface area contributed by atoms with Gasteiger partial charge in [-0.05, 0) is 73.0 Å². The molecular weight excluding hydrogens is 462 g/mol. The molecule has 0 bridgehead atoms. The van der Waals surface area contributed by atoms with Gasteiger partial charge in [-0.3, -0.25) is 9.59 Å². The Labute approximate surface area is 247 Å². The van der Waals surface area contributed by atoms with Crippen LogP contribution in [-0.2, 0) is 19.2 Å². The van der Waals surface area contributed by atoms with Crippen LogP contribution in [0.5, 0.6) is 0 Å². The summed E-state index contributed by atoms with van der Waals surface area (Å²) in [4.78, 5) is 41.6. The summed E-state index contributed by atoms with van der Waals surface area (Å²) in [5.74, 6) is -2.10. The molecule has 2 aliphatic rings. The first-order valence-corrected chi connectivity index (χ1v) is 11.5. The van der Waals surface area contributed by atoms with Crippen molar-refractivity contribution in [3.05, 3.63) is 0 Å². The molecule has 2 N–H and O–H groups in total. The average molecular weight is 501 g/mol. The number of carboxylic acid groups (broad SMARTS) is 4. The Bertz CT molecular complexity index is 634. The van der Waals surface area contributed by atoms with Crippen molar-refractivity contribution in [3.63, 3.8) is 0 Å². The SMILES string of the molecule is CC1(C)[C@@H](CCCCC(=O)[O-])[C@@H]1CC(=O)O.CC1(C)[C@@H](CCCCC(=O)[O-])[C@@H]1CC(=O)O.[Na+].[Na+]. The van der Waals surface area contributed by atoms with Crippen LogP contribution in [-0.4, -0.2) is 34.1 Å². The van der Waals surface area contributed by atoms with Crippen molar-refractivity contribution in [2.24, 2.45) is 34.5 Å². The fourth-order valence-electron chi connectivity index (χ4n) is 5.32. The maximum Gasteiger partial charge on any atom is 1.00 e. The van der Waals surface area contributed by atoms with E-state index in [9.17, 15) is 29.4 Å². The van der Waals surface area contributed by atoms with Gasteiger partial charge in [-0.25, -0.2) is 0 Å². The first-order chi connectivity index (χ1) is 14.7. The molecule has 2 aliphatic carbocycles. The van der Waals surface area contributed by atoms with Gasteiger partial charge in [0.25, 0.3) is 0 Å². The molecule has 4 atom stereocenters. The molecule has 0 aliphatic heterocycles. The van der Waals surface area contributed by atoms with Crippen molar-refractivity contribution in [3.8, 4) is 0 Å². The molecule has 2 saturated carbocycles. The zero-order chi connectivity index (χ0) is 24.7. The fraction of sp³-hybridized carbons (Fsp3) is 0.833. The van der Waals surface area contributed by atoms with Crippen LogP contribution < -0.4 is 69.3 Å². The molecule has 0 aromatic heterocycles. The van der Waals surface area contributed by atoms with Crippen molar-refractivity contribution in [1.82, 2.24) is 0 Å². The molecule has 0 unspecified atom stereocenters. The number of rotatable bonds is 14. The van der Waals surface area contributed by atoms with E-state index in [1.54, 1.807) is 0 Å². The van der Waals surface area contributed by atoms with E-state index < -0.39 is 23.9 Å². The van der Waals surface area contributed by atoms with Gasteiger partial charge in [-0.1, -0.05) is 40.5 Å². The van der Waals surface area contributed by atoms with Crippen LogP contribution in [0.4, 0.5) is 0 Å². The standard InChI is InChI=1S/2C12H20O4.2Na/c2*1-12(2)8(9(12)7-11(15)16)5-3-4-6-10(13)14;;/h2*8-9H,3-7H2,1-2H3,(H,13,14)(H,15,16);;/q;;2*+1/p-2/t2*8-,9-;;/m00../s1. The normalized spacial score (nSPS) is 24.8. The molecule has 0 saturated heterocycles. The number of unbranched alkanes of at least 4 members (excludes halogenated alkanes) is 2. The number of carboxylic acids is 4. The molecule has 184 valence electrons. The fourth-order valence-corrected chi connectivity index (χ4v) is 5.32. The molecule has 0 amide bonds. The Morgan fingerprint density at radius 1 is 0.618 bits per heavy atom. The molecule has 34 heavy (non-hydrogen) atoms. The van der Waals surface area contributed by atoms with E-state index in [4.69, 9.17) is 10.2 Å². The molecule has 0 spiro atoms. The minimum Gasteiger partial charge on any atom is -0.550 e. The van der Waals surface area contributed by atoms with Gasteiger partial charge in [0.05, 0.1) is 0 Å². The molecule has 2 fully saturated rings. The van der Waals surface area contributed by atoms with Gasteiger partial charge in [0.2, 0.25) is 0 Å². The van der Waals surface area contributed by atoms with E-state index in [2.05, 4.69) is 27.7 Å². The van der Waals surface area contributed by atoms with Crippen LogP contribution in [0.1, 0.15) is 91.9 Å². The van der Waals surface area contributed by atoms with Gasteiger partial charge in [0, 0.05) is 24.8 Å². The van der Waals surface area contributed by atoms with Crippen LogP contribution in [0.2, 0.25) is 0 Å². The zero-order valence-electron chi connectivity index (χ0n) is 21.7. The summed E-state index contributed by atoms with van der Waals surface area (Å²) in [7, 11) is 0. The molecule has 0 aromatic carbocycles. The van der Waals surface area contributed by atoms with Gasteiger partial charge in [-0.15, -0.1) is 0 Å². The van der Waals surface area contributed by atoms with Crippen molar-refractivity contribution >= 4 is 23.9 Å². The van der Waals surface area contributed by atoms with Crippen LogP contribution in [0, 0.1) is 34.5 Å². The summed E-state index contributed by atoms with van der Waals surface area (Å²) in [6.07, 6.45) is 5.50. The number of carbonyl (C=O) groups is 4. The second kappa shape index (κ2) is 15.9. The van der Waals surface area contributed by atoms with E-state index in [-0.39, 0.29) is 107 Å². The smallest absolute Gasteiger partial charge is 0.550 e. The first kappa shape index (κ1) is 36.0. The third kappa shape index (κ3) is 12.2. The summed E-state index contributed by atoms with van der Waals surface area (Å²) in [5.41, 5.74) is 0.222. The van der Waals surface area contributed by atoms with Crippen LogP contribution >= 0.6 is 0 Å². The summed E-state index contributed by atoms with van der Waals surface area (Å²) in [6.45, 7) is 8.35. The first-order valence-electron chi connectivity index (χ1n) is 11.5. The Morgan fingerprint density at radius 3 is 1.15 bits per heavy atom. The Balaban J connectivity index is 0. The number of hydrogen-bond acceptors (Lipinski definition) is 6. The Hall–Kier alpha value is -0.120. The molecule has 10 heteroatoms. The van der Waals surface area contributed by atoms with E-state index in [1.807, 2.05) is 0 Å². The van der Waals surface area contributed by atoms with Gasteiger partial charge in [0.15, 0.2) is 0 Å². The maximum absolute atomic E-state index is 10.6. The van der Waals surface area contributed by atoms with Crippen LogP contribution in [0.25, 0.3) is 0 Å².